The van der Waals surface area contributed by atoms with Gasteiger partial charge in [0.15, 0.2) is 0 Å². The van der Waals surface area contributed by atoms with Gasteiger partial charge >= 0.3 is 0 Å². The van der Waals surface area contributed by atoms with E-state index >= 15 is 0 Å². The molecule has 2 aliphatic heterocycles. The number of hydrogen-bond acceptors (Lipinski definition) is 3. The lowest BCUT2D eigenvalue weighted by molar-refractivity contribution is 0.101. The van der Waals surface area contributed by atoms with Crippen LogP contribution < -0.4 is 0 Å². The summed E-state index contributed by atoms with van der Waals surface area (Å²) in [6, 6.07) is 0.852. The standard InChI is InChI=1S/C13H26N2O/c1-12(16)5-2-3-7-14-9-10-15-8-4-6-13(15)11-14/h12-13,16H,2-11H2,1H3. The van der Waals surface area contributed by atoms with Crippen LogP contribution in [0.1, 0.15) is 39.0 Å². The van der Waals surface area contributed by atoms with Crippen LogP contribution in [0.2, 0.25) is 0 Å². The maximum atomic E-state index is 9.19. The van der Waals surface area contributed by atoms with Crippen molar-refractivity contribution in [1.29, 1.82) is 0 Å². The summed E-state index contributed by atoms with van der Waals surface area (Å²) < 4.78 is 0. The second-order valence-electron chi connectivity index (χ2n) is 5.48. The molecule has 2 atom stereocenters. The number of piperazine rings is 1. The highest BCUT2D eigenvalue weighted by molar-refractivity contribution is 4.86. The van der Waals surface area contributed by atoms with Crippen molar-refractivity contribution in [2.24, 2.45) is 0 Å². The van der Waals surface area contributed by atoms with Crippen molar-refractivity contribution < 1.29 is 5.11 Å². The molecular weight excluding hydrogens is 200 g/mol. The highest BCUT2D eigenvalue weighted by Gasteiger charge is 2.29. The second-order valence-corrected chi connectivity index (χ2v) is 5.48. The quantitative estimate of drug-likeness (QED) is 0.716. The van der Waals surface area contributed by atoms with Crippen LogP contribution in [0, 0.1) is 0 Å². The fourth-order valence-electron chi connectivity index (χ4n) is 3.03. The molecule has 0 saturated carbocycles. The molecule has 0 amide bonds. The lowest BCUT2D eigenvalue weighted by Crippen LogP contribution is -2.50. The molecule has 2 saturated heterocycles. The Labute approximate surface area is 99.4 Å². The average molecular weight is 226 g/mol. The van der Waals surface area contributed by atoms with Crippen LogP contribution in [0.15, 0.2) is 0 Å². The number of fused-ring (bicyclic) bond motifs is 1. The molecule has 2 fully saturated rings. The van der Waals surface area contributed by atoms with Gasteiger partial charge in [0.05, 0.1) is 6.10 Å². The fourth-order valence-corrected chi connectivity index (χ4v) is 3.03. The van der Waals surface area contributed by atoms with Crippen LogP contribution in [0.5, 0.6) is 0 Å². The van der Waals surface area contributed by atoms with E-state index in [4.69, 9.17) is 0 Å². The molecule has 2 aliphatic rings. The molecule has 0 aromatic heterocycles. The van der Waals surface area contributed by atoms with Crippen molar-refractivity contribution in [3.8, 4) is 0 Å². The predicted octanol–water partition coefficient (Wildman–Crippen LogP) is 1.32. The van der Waals surface area contributed by atoms with Crippen molar-refractivity contribution in [1.82, 2.24) is 9.80 Å². The summed E-state index contributed by atoms with van der Waals surface area (Å²) in [6.45, 7) is 8.27. The minimum absolute atomic E-state index is 0.119. The van der Waals surface area contributed by atoms with Crippen LogP contribution in [-0.2, 0) is 0 Å². The van der Waals surface area contributed by atoms with E-state index < -0.39 is 0 Å². The molecule has 0 spiro atoms. The van der Waals surface area contributed by atoms with Crippen molar-refractivity contribution >= 4 is 0 Å². The summed E-state index contributed by atoms with van der Waals surface area (Å²) in [5, 5.41) is 9.19. The van der Waals surface area contributed by atoms with Gasteiger partial charge in [0.1, 0.15) is 0 Å². The van der Waals surface area contributed by atoms with E-state index in [0.29, 0.717) is 0 Å². The van der Waals surface area contributed by atoms with E-state index in [1.807, 2.05) is 6.92 Å². The number of rotatable bonds is 5. The van der Waals surface area contributed by atoms with Crippen LogP contribution >= 0.6 is 0 Å². The third-order valence-electron chi connectivity index (χ3n) is 4.02. The topological polar surface area (TPSA) is 26.7 Å². The predicted molar refractivity (Wildman–Crippen MR) is 66.6 cm³/mol. The highest BCUT2D eigenvalue weighted by atomic mass is 16.3. The molecule has 0 radical (unpaired) electrons. The van der Waals surface area contributed by atoms with E-state index in [1.54, 1.807) is 0 Å². The van der Waals surface area contributed by atoms with Gasteiger partial charge in [-0.25, -0.2) is 0 Å². The van der Waals surface area contributed by atoms with Crippen LogP contribution in [0.25, 0.3) is 0 Å². The molecule has 2 unspecified atom stereocenters. The summed E-state index contributed by atoms with van der Waals surface area (Å²) in [5.74, 6) is 0. The summed E-state index contributed by atoms with van der Waals surface area (Å²) in [6.07, 6.45) is 6.07. The highest BCUT2D eigenvalue weighted by Crippen LogP contribution is 2.21. The van der Waals surface area contributed by atoms with Gasteiger partial charge in [0.2, 0.25) is 0 Å². The molecule has 0 aliphatic carbocycles. The Kier molecular flexibility index (Phi) is 4.62. The Bertz CT molecular complexity index is 208. The van der Waals surface area contributed by atoms with Gasteiger partial charge in [-0.05, 0) is 52.1 Å². The first-order valence-electron chi connectivity index (χ1n) is 6.90. The molecule has 3 heteroatoms. The largest absolute Gasteiger partial charge is 0.393 e. The van der Waals surface area contributed by atoms with Gasteiger partial charge in [-0.3, -0.25) is 4.90 Å². The lowest BCUT2D eigenvalue weighted by atomic mass is 10.1. The molecule has 94 valence electrons. The fraction of sp³-hybridized carbons (Fsp3) is 1.00. The van der Waals surface area contributed by atoms with E-state index in [1.165, 1.54) is 58.4 Å². The SMILES string of the molecule is CC(O)CCCCN1CCN2CCCC2C1. The molecule has 0 bridgehead atoms. The Hall–Kier alpha value is -0.120. The Morgan fingerprint density at radius 3 is 2.94 bits per heavy atom. The van der Waals surface area contributed by atoms with Crippen molar-refractivity contribution in [2.45, 2.75) is 51.2 Å². The van der Waals surface area contributed by atoms with E-state index in [9.17, 15) is 5.11 Å². The number of aliphatic hydroxyl groups is 1. The third kappa shape index (κ3) is 3.44. The van der Waals surface area contributed by atoms with Gasteiger partial charge < -0.3 is 10.0 Å². The third-order valence-corrected chi connectivity index (χ3v) is 4.02. The molecule has 1 N–H and O–H groups in total. The number of aliphatic hydroxyl groups excluding tert-OH is 1. The van der Waals surface area contributed by atoms with Crippen LogP contribution in [0.3, 0.4) is 0 Å². The van der Waals surface area contributed by atoms with Crippen molar-refractivity contribution in [3.05, 3.63) is 0 Å². The van der Waals surface area contributed by atoms with Gasteiger partial charge in [0, 0.05) is 25.7 Å². The molecule has 0 aromatic rings. The summed E-state index contributed by atoms with van der Waals surface area (Å²) >= 11 is 0. The number of nitrogens with zero attached hydrogens (tertiary/aromatic N) is 2. The molecular formula is C13H26N2O. The minimum atomic E-state index is -0.119. The smallest absolute Gasteiger partial charge is 0.0512 e. The molecule has 0 aromatic carbocycles. The van der Waals surface area contributed by atoms with E-state index in [-0.39, 0.29) is 6.10 Å². The number of unbranched alkanes of at least 4 members (excludes halogenated alkanes) is 1. The Balaban J connectivity index is 1.60. The normalized spacial score (nSPS) is 29.2. The van der Waals surface area contributed by atoms with Gasteiger partial charge in [-0.2, -0.15) is 0 Å². The van der Waals surface area contributed by atoms with Crippen LogP contribution in [-0.4, -0.2) is 59.8 Å². The zero-order chi connectivity index (χ0) is 11.4. The molecule has 16 heavy (non-hydrogen) atoms. The van der Waals surface area contributed by atoms with Crippen LogP contribution in [0.4, 0.5) is 0 Å². The van der Waals surface area contributed by atoms with Gasteiger partial charge in [-0.1, -0.05) is 0 Å². The molecule has 2 heterocycles. The summed E-state index contributed by atoms with van der Waals surface area (Å²) in [7, 11) is 0. The molecule has 3 nitrogen and oxygen atoms in total. The second kappa shape index (κ2) is 5.99. The number of hydrogen-bond donors (Lipinski definition) is 1. The first-order valence-corrected chi connectivity index (χ1v) is 6.90. The lowest BCUT2D eigenvalue weighted by Gasteiger charge is -2.37. The average Bonchev–Trinajstić information content (AvgIpc) is 2.71. The summed E-state index contributed by atoms with van der Waals surface area (Å²) in [4.78, 5) is 5.28. The zero-order valence-corrected chi connectivity index (χ0v) is 10.6. The van der Waals surface area contributed by atoms with Gasteiger partial charge in [-0.15, -0.1) is 0 Å². The minimum Gasteiger partial charge on any atom is -0.393 e. The van der Waals surface area contributed by atoms with Gasteiger partial charge in [0.25, 0.3) is 0 Å². The maximum Gasteiger partial charge on any atom is 0.0512 e. The monoisotopic (exact) mass is 226 g/mol. The maximum absolute atomic E-state index is 9.19. The summed E-state index contributed by atoms with van der Waals surface area (Å²) in [5.41, 5.74) is 0. The zero-order valence-electron chi connectivity index (χ0n) is 10.6. The van der Waals surface area contributed by atoms with E-state index in [2.05, 4.69) is 9.80 Å². The first kappa shape index (κ1) is 12.3. The first-order chi connectivity index (χ1) is 7.75. The Morgan fingerprint density at radius 1 is 1.25 bits per heavy atom. The molecule has 2 rings (SSSR count). The van der Waals surface area contributed by atoms with Crippen molar-refractivity contribution in [2.75, 3.05) is 32.7 Å². The van der Waals surface area contributed by atoms with E-state index in [0.717, 1.165) is 12.5 Å². The Morgan fingerprint density at radius 2 is 2.12 bits per heavy atom. The van der Waals surface area contributed by atoms with Crippen molar-refractivity contribution in [3.63, 3.8) is 0 Å².